The molecule has 0 bridgehead atoms. The minimum atomic E-state index is 0.865. The van der Waals surface area contributed by atoms with E-state index in [-0.39, 0.29) is 0 Å². The van der Waals surface area contributed by atoms with E-state index < -0.39 is 0 Å². The largest absolute Gasteiger partial charge is 0.455 e. The molecule has 2 heteroatoms. The fourth-order valence-electron chi connectivity index (χ4n) is 6.90. The summed E-state index contributed by atoms with van der Waals surface area (Å²) in [6.07, 6.45) is 0. The molecular weight excluding hydrogens is 583 g/mol. The fourth-order valence-corrected chi connectivity index (χ4v) is 6.90. The lowest BCUT2D eigenvalue weighted by Gasteiger charge is -2.26. The zero-order chi connectivity index (χ0) is 31.9. The monoisotopic (exact) mass is 613 g/mol. The van der Waals surface area contributed by atoms with Gasteiger partial charge in [-0.3, -0.25) is 0 Å². The number of rotatable bonds is 6. The Morgan fingerprint density at radius 2 is 0.771 bits per heavy atom. The van der Waals surface area contributed by atoms with Crippen molar-refractivity contribution in [3.8, 4) is 33.4 Å². The van der Waals surface area contributed by atoms with E-state index in [0.29, 0.717) is 0 Å². The van der Waals surface area contributed by atoms with Gasteiger partial charge >= 0.3 is 0 Å². The first-order chi connectivity index (χ1) is 23.8. The highest BCUT2D eigenvalue weighted by Gasteiger charge is 2.18. The molecule has 1 heterocycles. The highest BCUT2D eigenvalue weighted by molar-refractivity contribution is 6.19. The lowest BCUT2D eigenvalue weighted by Crippen LogP contribution is -2.09. The van der Waals surface area contributed by atoms with Crippen molar-refractivity contribution in [2.75, 3.05) is 4.90 Å². The molecule has 9 rings (SSSR count). The van der Waals surface area contributed by atoms with Gasteiger partial charge in [-0.15, -0.1) is 0 Å². The van der Waals surface area contributed by atoms with Gasteiger partial charge in [0.25, 0.3) is 0 Å². The van der Waals surface area contributed by atoms with Gasteiger partial charge in [0, 0.05) is 39.3 Å². The van der Waals surface area contributed by atoms with Crippen molar-refractivity contribution in [3.05, 3.63) is 188 Å². The molecule has 8 aromatic carbocycles. The van der Waals surface area contributed by atoms with E-state index in [2.05, 4.69) is 193 Å². The molecule has 0 spiro atoms. The lowest BCUT2D eigenvalue weighted by molar-refractivity contribution is 0.673. The lowest BCUT2D eigenvalue weighted by atomic mass is 9.95. The summed E-state index contributed by atoms with van der Waals surface area (Å²) in [5.74, 6) is 0. The highest BCUT2D eigenvalue weighted by atomic mass is 16.3. The predicted molar refractivity (Wildman–Crippen MR) is 202 cm³/mol. The fraction of sp³-hybridized carbons (Fsp3) is 0. The van der Waals surface area contributed by atoms with Gasteiger partial charge in [0.1, 0.15) is 11.2 Å². The van der Waals surface area contributed by atoms with E-state index in [1.54, 1.807) is 0 Å². The molecular formula is C46H31NO. The highest BCUT2D eigenvalue weighted by Crippen LogP contribution is 2.43. The second-order valence-electron chi connectivity index (χ2n) is 12.2. The third kappa shape index (κ3) is 4.92. The molecule has 0 aliphatic rings. The van der Waals surface area contributed by atoms with Crippen molar-refractivity contribution < 1.29 is 4.42 Å². The van der Waals surface area contributed by atoms with Crippen molar-refractivity contribution in [2.24, 2.45) is 0 Å². The molecule has 0 saturated heterocycles. The second kappa shape index (κ2) is 11.8. The maximum atomic E-state index is 6.75. The molecule has 0 atom stereocenters. The third-order valence-electron chi connectivity index (χ3n) is 9.27. The Hall–Kier alpha value is -6.38. The van der Waals surface area contributed by atoms with E-state index in [4.69, 9.17) is 4.42 Å². The summed E-state index contributed by atoms with van der Waals surface area (Å²) in [6.45, 7) is 0. The Morgan fingerprint density at radius 3 is 1.33 bits per heavy atom. The van der Waals surface area contributed by atoms with E-state index in [1.807, 2.05) is 0 Å². The molecule has 0 aliphatic heterocycles. The molecule has 0 aliphatic carbocycles. The maximum Gasteiger partial charge on any atom is 0.143 e. The molecule has 226 valence electrons. The smallest absolute Gasteiger partial charge is 0.143 e. The molecule has 0 N–H and O–H groups in total. The standard InChI is InChI=1S/C46H31NO/c1-4-12-32(13-5-1)34-20-24-37(25-21-34)47(38-26-22-35(23-27-38)33-14-6-2-7-15-33)39-28-29-41-44-31-43(36-16-8-3-9-17-36)40-18-10-11-19-42(40)46(44)48-45(41)30-39/h1-31H. The van der Waals surface area contributed by atoms with Crippen LogP contribution in [0.4, 0.5) is 17.1 Å². The predicted octanol–water partition coefficient (Wildman–Crippen LogP) is 13.2. The van der Waals surface area contributed by atoms with Crippen LogP contribution in [-0.4, -0.2) is 0 Å². The van der Waals surface area contributed by atoms with E-state index in [9.17, 15) is 0 Å². The summed E-state index contributed by atoms with van der Waals surface area (Å²) in [5, 5.41) is 4.54. The number of anilines is 3. The molecule has 1 aromatic heterocycles. The van der Waals surface area contributed by atoms with Gasteiger partial charge in [0.15, 0.2) is 0 Å². The van der Waals surface area contributed by atoms with E-state index in [0.717, 1.165) is 44.4 Å². The number of hydrogen-bond acceptors (Lipinski definition) is 2. The van der Waals surface area contributed by atoms with Crippen molar-refractivity contribution >= 4 is 49.8 Å². The summed E-state index contributed by atoms with van der Waals surface area (Å²) in [4.78, 5) is 2.31. The third-order valence-corrected chi connectivity index (χ3v) is 9.27. The van der Waals surface area contributed by atoms with Crippen LogP contribution < -0.4 is 4.90 Å². The van der Waals surface area contributed by atoms with Crippen LogP contribution in [-0.2, 0) is 0 Å². The zero-order valence-corrected chi connectivity index (χ0v) is 26.3. The van der Waals surface area contributed by atoms with Gasteiger partial charge in [-0.2, -0.15) is 0 Å². The summed E-state index contributed by atoms with van der Waals surface area (Å²) in [6, 6.07) is 66.7. The minimum Gasteiger partial charge on any atom is -0.455 e. The molecule has 2 nitrogen and oxygen atoms in total. The van der Waals surface area contributed by atoms with Gasteiger partial charge in [-0.05, 0) is 81.2 Å². The molecule has 0 unspecified atom stereocenters. The van der Waals surface area contributed by atoms with Gasteiger partial charge < -0.3 is 9.32 Å². The number of furan rings is 1. The molecule has 9 aromatic rings. The maximum absolute atomic E-state index is 6.75. The quantitative estimate of drug-likeness (QED) is 0.185. The van der Waals surface area contributed by atoms with Crippen LogP contribution in [0.2, 0.25) is 0 Å². The average Bonchev–Trinajstić information content (AvgIpc) is 3.54. The molecule has 0 radical (unpaired) electrons. The zero-order valence-electron chi connectivity index (χ0n) is 26.3. The van der Waals surface area contributed by atoms with Crippen LogP contribution in [0.15, 0.2) is 192 Å². The second-order valence-corrected chi connectivity index (χ2v) is 12.2. The van der Waals surface area contributed by atoms with Crippen LogP contribution in [0.5, 0.6) is 0 Å². The summed E-state index contributed by atoms with van der Waals surface area (Å²) in [7, 11) is 0. The Bertz CT molecular complexity index is 2430. The van der Waals surface area contributed by atoms with E-state index in [1.165, 1.54) is 38.8 Å². The van der Waals surface area contributed by atoms with Gasteiger partial charge in [-0.25, -0.2) is 0 Å². The summed E-state index contributed by atoms with van der Waals surface area (Å²) < 4.78 is 6.75. The molecule has 48 heavy (non-hydrogen) atoms. The summed E-state index contributed by atoms with van der Waals surface area (Å²) >= 11 is 0. The van der Waals surface area contributed by atoms with Crippen molar-refractivity contribution in [1.82, 2.24) is 0 Å². The number of hydrogen-bond donors (Lipinski definition) is 0. The Balaban J connectivity index is 1.20. The first-order valence-corrected chi connectivity index (χ1v) is 16.3. The van der Waals surface area contributed by atoms with Crippen molar-refractivity contribution in [2.45, 2.75) is 0 Å². The average molecular weight is 614 g/mol. The number of benzene rings is 8. The normalized spacial score (nSPS) is 11.3. The van der Waals surface area contributed by atoms with Gasteiger partial charge in [0.2, 0.25) is 0 Å². The minimum absolute atomic E-state index is 0.865. The van der Waals surface area contributed by atoms with E-state index >= 15 is 0 Å². The molecule has 0 saturated carbocycles. The first-order valence-electron chi connectivity index (χ1n) is 16.3. The van der Waals surface area contributed by atoms with Crippen LogP contribution >= 0.6 is 0 Å². The van der Waals surface area contributed by atoms with Crippen LogP contribution in [0, 0.1) is 0 Å². The number of nitrogens with zero attached hydrogens (tertiary/aromatic N) is 1. The SMILES string of the molecule is c1ccc(-c2ccc(N(c3ccc(-c4ccccc4)cc3)c3ccc4c(c3)oc3c5ccccc5c(-c5ccccc5)cc43)cc2)cc1. The topological polar surface area (TPSA) is 16.4 Å². The Morgan fingerprint density at radius 1 is 0.312 bits per heavy atom. The summed E-state index contributed by atoms with van der Waals surface area (Å²) in [5.41, 5.74) is 12.2. The van der Waals surface area contributed by atoms with Crippen LogP contribution in [0.3, 0.4) is 0 Å². The van der Waals surface area contributed by atoms with Gasteiger partial charge in [0.05, 0.1) is 0 Å². The van der Waals surface area contributed by atoms with Crippen LogP contribution in [0.25, 0.3) is 66.1 Å². The Kier molecular flexibility index (Phi) is 6.84. The molecule has 0 fully saturated rings. The first kappa shape index (κ1) is 27.9. The van der Waals surface area contributed by atoms with Crippen LogP contribution in [0.1, 0.15) is 0 Å². The van der Waals surface area contributed by atoms with Gasteiger partial charge in [-0.1, -0.05) is 140 Å². The Labute approximate surface area is 279 Å². The van der Waals surface area contributed by atoms with Crippen molar-refractivity contribution in [3.63, 3.8) is 0 Å². The molecule has 0 amide bonds. The number of fused-ring (bicyclic) bond motifs is 5. The van der Waals surface area contributed by atoms with Crippen molar-refractivity contribution in [1.29, 1.82) is 0 Å².